The Bertz CT molecular complexity index is 1510. The first-order chi connectivity index (χ1) is 18.2. The van der Waals surface area contributed by atoms with Gasteiger partial charge in [-0.15, -0.1) is 0 Å². The molecule has 0 spiro atoms. The third-order valence-corrected chi connectivity index (χ3v) is 7.87. The van der Waals surface area contributed by atoms with Gasteiger partial charge in [0.15, 0.2) is 0 Å². The summed E-state index contributed by atoms with van der Waals surface area (Å²) >= 11 is 0. The highest BCUT2D eigenvalue weighted by Crippen LogP contribution is 2.23. The lowest BCUT2D eigenvalue weighted by Crippen LogP contribution is -2.35. The Labute approximate surface area is 223 Å². The van der Waals surface area contributed by atoms with Crippen molar-refractivity contribution >= 4 is 15.7 Å². The van der Waals surface area contributed by atoms with Crippen LogP contribution in [0.4, 0.5) is 4.39 Å². The normalized spacial score (nSPS) is 11.6. The number of nitrogens with zero attached hydrogens (tertiary/aromatic N) is 3. The summed E-state index contributed by atoms with van der Waals surface area (Å²) in [6.07, 6.45) is 1.51. The molecule has 0 aliphatic carbocycles. The highest BCUT2D eigenvalue weighted by molar-refractivity contribution is 7.90. The Morgan fingerprint density at radius 2 is 1.63 bits per heavy atom. The molecule has 0 aliphatic heterocycles. The number of amides is 1. The minimum atomic E-state index is -3.82. The first-order valence-electron chi connectivity index (χ1n) is 12.5. The fourth-order valence-electron chi connectivity index (χ4n) is 4.40. The fourth-order valence-corrected chi connectivity index (χ4v) is 6.00. The van der Waals surface area contributed by atoms with Crippen LogP contribution in [0.5, 0.6) is 0 Å². The number of sulfone groups is 1. The van der Waals surface area contributed by atoms with Crippen LogP contribution in [-0.2, 0) is 28.7 Å². The smallest absolute Gasteiger partial charge is 0.257 e. The van der Waals surface area contributed by atoms with E-state index in [0.717, 1.165) is 11.1 Å². The van der Waals surface area contributed by atoms with Crippen molar-refractivity contribution in [2.24, 2.45) is 5.92 Å². The topological polar surface area (TPSA) is 72.3 Å². The molecule has 1 aromatic heterocycles. The Morgan fingerprint density at radius 3 is 2.32 bits per heavy atom. The van der Waals surface area contributed by atoms with E-state index in [1.54, 1.807) is 27.7 Å². The first kappa shape index (κ1) is 27.3. The molecular weight excluding hydrogens is 501 g/mol. The third kappa shape index (κ3) is 6.37. The number of benzene rings is 3. The minimum absolute atomic E-state index is 0.0188. The molecule has 4 aromatic rings. The lowest BCUT2D eigenvalue weighted by Gasteiger charge is -2.25. The van der Waals surface area contributed by atoms with Gasteiger partial charge in [0.1, 0.15) is 5.82 Å². The summed E-state index contributed by atoms with van der Waals surface area (Å²) in [4.78, 5) is 19.3. The van der Waals surface area contributed by atoms with Gasteiger partial charge in [0.05, 0.1) is 36.3 Å². The summed E-state index contributed by atoms with van der Waals surface area (Å²) < 4.78 is 43.4. The zero-order valence-corrected chi connectivity index (χ0v) is 22.7. The van der Waals surface area contributed by atoms with Crippen molar-refractivity contribution in [3.8, 4) is 0 Å². The van der Waals surface area contributed by atoms with Gasteiger partial charge in [-0.05, 0) is 41.7 Å². The number of imidazole rings is 1. The van der Waals surface area contributed by atoms with Gasteiger partial charge < -0.3 is 9.47 Å². The van der Waals surface area contributed by atoms with Crippen LogP contribution < -0.4 is 0 Å². The molecule has 0 radical (unpaired) electrons. The summed E-state index contributed by atoms with van der Waals surface area (Å²) in [5.41, 5.74) is 3.03. The Morgan fingerprint density at radius 1 is 0.974 bits per heavy atom. The first-order valence-corrected chi connectivity index (χ1v) is 14.2. The summed E-state index contributed by atoms with van der Waals surface area (Å²) in [7, 11) is -3.82. The fraction of sp³-hybridized carbons (Fsp3) is 0.267. The summed E-state index contributed by atoms with van der Waals surface area (Å²) in [5, 5.41) is -0.0533. The van der Waals surface area contributed by atoms with E-state index in [9.17, 15) is 17.6 Å². The van der Waals surface area contributed by atoms with Crippen LogP contribution in [0.3, 0.4) is 0 Å². The van der Waals surface area contributed by atoms with Crippen LogP contribution in [0.2, 0.25) is 0 Å². The van der Waals surface area contributed by atoms with Gasteiger partial charge in [-0.1, -0.05) is 80.6 Å². The number of hydrogen-bond donors (Lipinski definition) is 0. The number of rotatable bonds is 10. The molecule has 38 heavy (non-hydrogen) atoms. The quantitative estimate of drug-likeness (QED) is 0.264. The monoisotopic (exact) mass is 533 g/mol. The van der Waals surface area contributed by atoms with E-state index in [-0.39, 0.29) is 35.5 Å². The van der Waals surface area contributed by atoms with E-state index in [2.05, 4.69) is 4.98 Å². The van der Waals surface area contributed by atoms with Gasteiger partial charge in [-0.25, -0.2) is 17.8 Å². The second-order valence-electron chi connectivity index (χ2n) is 9.85. The molecule has 6 nitrogen and oxygen atoms in total. The van der Waals surface area contributed by atoms with Gasteiger partial charge in [-0.3, -0.25) is 4.79 Å². The molecule has 4 rings (SSSR count). The maximum Gasteiger partial charge on any atom is 0.257 e. The van der Waals surface area contributed by atoms with E-state index < -0.39 is 21.6 Å². The van der Waals surface area contributed by atoms with Crippen molar-refractivity contribution in [1.82, 2.24) is 14.5 Å². The maximum absolute atomic E-state index is 14.5. The molecule has 0 aliphatic rings. The number of aromatic nitrogens is 2. The highest BCUT2D eigenvalue weighted by Gasteiger charge is 2.27. The van der Waals surface area contributed by atoms with Crippen LogP contribution in [0.15, 0.2) is 90.2 Å². The molecule has 0 fully saturated rings. The molecule has 3 aromatic carbocycles. The SMILES string of the molecule is Cc1ccccc1CS(=O)(=O)c1ncc(CN(CC(C)C)C(=O)c2ccccc2F)n1Cc1ccccc1. The Balaban J connectivity index is 1.75. The number of carbonyl (C=O) groups is 1. The van der Waals surface area contributed by atoms with Crippen LogP contribution in [-0.4, -0.2) is 35.3 Å². The zero-order chi connectivity index (χ0) is 27.3. The van der Waals surface area contributed by atoms with Crippen LogP contribution in [0.25, 0.3) is 0 Å². The van der Waals surface area contributed by atoms with Crippen molar-refractivity contribution in [3.05, 3.63) is 119 Å². The van der Waals surface area contributed by atoms with Crippen molar-refractivity contribution in [2.45, 2.75) is 44.8 Å². The van der Waals surface area contributed by atoms with E-state index in [4.69, 9.17) is 0 Å². The van der Waals surface area contributed by atoms with E-state index in [1.165, 1.54) is 18.3 Å². The molecule has 1 amide bonds. The van der Waals surface area contributed by atoms with Gasteiger partial charge in [0, 0.05) is 6.54 Å². The van der Waals surface area contributed by atoms with E-state index >= 15 is 0 Å². The highest BCUT2D eigenvalue weighted by atomic mass is 32.2. The second kappa shape index (κ2) is 11.7. The molecule has 0 unspecified atom stereocenters. The molecule has 0 bridgehead atoms. The Kier molecular flexibility index (Phi) is 8.42. The molecule has 0 saturated heterocycles. The molecular formula is C30H32FN3O3S. The second-order valence-corrected chi connectivity index (χ2v) is 11.7. The number of hydrogen-bond acceptors (Lipinski definition) is 4. The largest absolute Gasteiger partial charge is 0.332 e. The van der Waals surface area contributed by atoms with Gasteiger partial charge in [0.25, 0.3) is 5.91 Å². The summed E-state index contributed by atoms with van der Waals surface area (Å²) in [6.45, 7) is 6.55. The predicted octanol–water partition coefficient (Wildman–Crippen LogP) is 5.65. The van der Waals surface area contributed by atoms with Gasteiger partial charge >= 0.3 is 0 Å². The molecule has 0 N–H and O–H groups in total. The Hall–Kier alpha value is -3.78. The number of carbonyl (C=O) groups excluding carboxylic acids is 1. The third-order valence-electron chi connectivity index (χ3n) is 6.30. The lowest BCUT2D eigenvalue weighted by atomic mass is 10.1. The van der Waals surface area contributed by atoms with Crippen LogP contribution in [0, 0.1) is 18.7 Å². The average Bonchev–Trinajstić information content (AvgIpc) is 3.28. The summed E-state index contributed by atoms with van der Waals surface area (Å²) in [5.74, 6) is -1.12. The molecule has 0 atom stereocenters. The number of aryl methyl sites for hydroxylation is 1. The lowest BCUT2D eigenvalue weighted by molar-refractivity contribution is 0.0713. The van der Waals surface area contributed by atoms with Gasteiger partial charge in [-0.2, -0.15) is 0 Å². The van der Waals surface area contributed by atoms with Crippen molar-refractivity contribution < 1.29 is 17.6 Å². The van der Waals surface area contributed by atoms with Gasteiger partial charge in [0.2, 0.25) is 15.0 Å². The van der Waals surface area contributed by atoms with E-state index in [1.807, 2.05) is 69.3 Å². The molecule has 8 heteroatoms. The van der Waals surface area contributed by atoms with Crippen molar-refractivity contribution in [1.29, 1.82) is 0 Å². The van der Waals surface area contributed by atoms with E-state index in [0.29, 0.717) is 17.8 Å². The number of halogens is 1. The molecule has 0 saturated carbocycles. The maximum atomic E-state index is 14.5. The summed E-state index contributed by atoms with van der Waals surface area (Å²) in [6, 6.07) is 22.8. The molecule has 1 heterocycles. The minimum Gasteiger partial charge on any atom is -0.332 e. The molecule has 198 valence electrons. The van der Waals surface area contributed by atoms with Crippen molar-refractivity contribution in [3.63, 3.8) is 0 Å². The van der Waals surface area contributed by atoms with Crippen molar-refractivity contribution in [2.75, 3.05) is 6.54 Å². The average molecular weight is 534 g/mol. The van der Waals surface area contributed by atoms with Crippen LogP contribution in [0.1, 0.15) is 46.6 Å². The predicted molar refractivity (Wildman–Crippen MR) is 146 cm³/mol. The van der Waals surface area contributed by atoms with Crippen LogP contribution >= 0.6 is 0 Å². The standard InChI is InChI=1S/C30H32FN3O3S/c1-22(2)18-33(29(35)27-15-9-10-16-28(27)31)20-26-17-32-30(34(26)19-24-12-5-4-6-13-24)38(36,37)21-25-14-8-7-11-23(25)3/h4-17,22H,18-21H2,1-3H3. The zero-order valence-electron chi connectivity index (χ0n) is 21.8.